The molecule has 4 rings (SSSR count). The lowest BCUT2D eigenvalue weighted by molar-refractivity contribution is -0.123. The Bertz CT molecular complexity index is 920. The highest BCUT2D eigenvalue weighted by atomic mass is 35.5. The highest BCUT2D eigenvalue weighted by Gasteiger charge is 2.28. The second-order valence-electron chi connectivity index (χ2n) is 7.23. The summed E-state index contributed by atoms with van der Waals surface area (Å²) in [6.45, 7) is 3.30. The van der Waals surface area contributed by atoms with Crippen molar-refractivity contribution < 1.29 is 14.3 Å². The van der Waals surface area contributed by atoms with Gasteiger partial charge < -0.3 is 15.0 Å². The Morgan fingerprint density at radius 1 is 1.13 bits per heavy atom. The Hall–Kier alpha value is -2.06. The molecular formula is C22H24ClN3O3S. The topological polar surface area (TPSA) is 61.9 Å². The zero-order valence-corrected chi connectivity index (χ0v) is 18.1. The summed E-state index contributed by atoms with van der Waals surface area (Å²) in [5.74, 6) is 0.111. The van der Waals surface area contributed by atoms with Gasteiger partial charge in [0.05, 0.1) is 30.7 Å². The molecule has 1 saturated heterocycles. The number of halogens is 1. The van der Waals surface area contributed by atoms with Gasteiger partial charge in [-0.05, 0) is 23.8 Å². The monoisotopic (exact) mass is 445 g/mol. The molecule has 0 saturated carbocycles. The Kier molecular flexibility index (Phi) is 6.94. The third-order valence-electron chi connectivity index (χ3n) is 5.35. The number of hydrogen-bond acceptors (Lipinski definition) is 5. The van der Waals surface area contributed by atoms with Crippen LogP contribution in [0.25, 0.3) is 0 Å². The van der Waals surface area contributed by atoms with Crippen molar-refractivity contribution in [2.75, 3.05) is 50.0 Å². The number of benzene rings is 2. The van der Waals surface area contributed by atoms with Crippen molar-refractivity contribution in [3.05, 3.63) is 59.1 Å². The van der Waals surface area contributed by atoms with Gasteiger partial charge in [-0.1, -0.05) is 41.9 Å². The molecule has 6 nitrogen and oxygen atoms in total. The quantitative estimate of drug-likeness (QED) is 0.740. The maximum Gasteiger partial charge on any atom is 0.240 e. The molecule has 1 unspecified atom stereocenters. The Morgan fingerprint density at radius 2 is 1.87 bits per heavy atom. The van der Waals surface area contributed by atoms with E-state index in [9.17, 15) is 9.59 Å². The van der Waals surface area contributed by atoms with E-state index in [1.807, 2.05) is 48.5 Å². The SMILES string of the molecule is O=C(CN1C(=O)CSc2ccccc21)NCC(c1ccccc1Cl)N1CCOCC1. The van der Waals surface area contributed by atoms with Crippen molar-refractivity contribution in [2.45, 2.75) is 10.9 Å². The normalized spacial score (nSPS) is 18.0. The highest BCUT2D eigenvalue weighted by Crippen LogP contribution is 2.34. The molecule has 2 heterocycles. The van der Waals surface area contributed by atoms with Crippen LogP contribution in [0, 0.1) is 0 Å². The molecule has 0 radical (unpaired) electrons. The minimum Gasteiger partial charge on any atom is -0.379 e. The van der Waals surface area contributed by atoms with Crippen molar-refractivity contribution in [3.8, 4) is 0 Å². The number of thioether (sulfide) groups is 1. The van der Waals surface area contributed by atoms with Gasteiger partial charge in [-0.2, -0.15) is 0 Å². The number of rotatable bonds is 6. The number of carbonyl (C=O) groups excluding carboxylic acids is 2. The zero-order chi connectivity index (χ0) is 20.9. The van der Waals surface area contributed by atoms with Crippen molar-refractivity contribution in [1.29, 1.82) is 0 Å². The van der Waals surface area contributed by atoms with Crippen LogP contribution in [0.3, 0.4) is 0 Å². The number of amides is 2. The highest BCUT2D eigenvalue weighted by molar-refractivity contribution is 8.00. The summed E-state index contributed by atoms with van der Waals surface area (Å²) < 4.78 is 5.48. The van der Waals surface area contributed by atoms with E-state index < -0.39 is 0 Å². The van der Waals surface area contributed by atoms with Gasteiger partial charge >= 0.3 is 0 Å². The molecule has 2 amide bonds. The van der Waals surface area contributed by atoms with Crippen LogP contribution in [0.15, 0.2) is 53.4 Å². The van der Waals surface area contributed by atoms with Crippen LogP contribution in [-0.2, 0) is 14.3 Å². The molecule has 1 atom stereocenters. The van der Waals surface area contributed by atoms with Gasteiger partial charge in [0, 0.05) is 29.6 Å². The lowest BCUT2D eigenvalue weighted by atomic mass is 10.0. The standard InChI is InChI=1S/C22H24ClN3O3S/c23-17-6-2-1-5-16(17)19(25-9-11-29-12-10-25)13-24-21(27)14-26-18-7-3-4-8-20(18)30-15-22(26)28/h1-8,19H,9-15H2,(H,24,27). The predicted molar refractivity (Wildman–Crippen MR) is 119 cm³/mol. The van der Waals surface area contributed by atoms with E-state index in [0.29, 0.717) is 30.5 Å². The predicted octanol–water partition coefficient (Wildman–Crippen LogP) is 2.97. The first-order valence-corrected chi connectivity index (χ1v) is 11.3. The summed E-state index contributed by atoms with van der Waals surface area (Å²) >= 11 is 7.97. The smallest absolute Gasteiger partial charge is 0.240 e. The average molecular weight is 446 g/mol. The number of fused-ring (bicyclic) bond motifs is 1. The Balaban J connectivity index is 1.45. The van der Waals surface area contributed by atoms with Gasteiger partial charge in [0.15, 0.2) is 0 Å². The maximum atomic E-state index is 12.8. The molecule has 0 spiro atoms. The van der Waals surface area contributed by atoms with Crippen molar-refractivity contribution in [2.24, 2.45) is 0 Å². The fraction of sp³-hybridized carbons (Fsp3) is 0.364. The summed E-state index contributed by atoms with van der Waals surface area (Å²) in [4.78, 5) is 30.1. The van der Waals surface area contributed by atoms with E-state index in [-0.39, 0.29) is 24.4 Å². The summed E-state index contributed by atoms with van der Waals surface area (Å²) in [5, 5.41) is 3.70. The maximum absolute atomic E-state index is 12.8. The largest absolute Gasteiger partial charge is 0.379 e. The van der Waals surface area contributed by atoms with Gasteiger partial charge in [0.25, 0.3) is 0 Å². The summed E-state index contributed by atoms with van der Waals surface area (Å²) in [6.07, 6.45) is 0. The van der Waals surface area contributed by atoms with Crippen LogP contribution in [0.1, 0.15) is 11.6 Å². The van der Waals surface area contributed by atoms with Gasteiger partial charge in [-0.25, -0.2) is 0 Å². The molecule has 2 aromatic rings. The molecule has 2 aromatic carbocycles. The summed E-state index contributed by atoms with van der Waals surface area (Å²) in [5.41, 5.74) is 1.78. The molecular weight excluding hydrogens is 422 g/mol. The number of nitrogens with one attached hydrogen (secondary N) is 1. The van der Waals surface area contributed by atoms with Crippen molar-refractivity contribution in [1.82, 2.24) is 10.2 Å². The first-order valence-electron chi connectivity index (χ1n) is 9.98. The van der Waals surface area contributed by atoms with E-state index in [4.69, 9.17) is 16.3 Å². The van der Waals surface area contributed by atoms with Crippen LogP contribution in [0.4, 0.5) is 5.69 Å². The number of morpholine rings is 1. The van der Waals surface area contributed by atoms with Gasteiger partial charge in [-0.15, -0.1) is 11.8 Å². The third kappa shape index (κ3) is 4.81. The molecule has 158 valence electrons. The number of carbonyl (C=O) groups is 2. The molecule has 8 heteroatoms. The van der Waals surface area contributed by atoms with Gasteiger partial charge in [0.2, 0.25) is 11.8 Å². The second-order valence-corrected chi connectivity index (χ2v) is 8.65. The molecule has 0 aliphatic carbocycles. The fourth-order valence-corrected chi connectivity index (χ4v) is 5.00. The first-order chi connectivity index (χ1) is 14.6. The number of nitrogens with zero attached hydrogens (tertiary/aromatic N) is 2. The minimum atomic E-state index is -0.185. The number of ether oxygens (including phenoxy) is 1. The zero-order valence-electron chi connectivity index (χ0n) is 16.6. The van der Waals surface area contributed by atoms with E-state index in [1.54, 1.807) is 4.90 Å². The van der Waals surface area contributed by atoms with Gasteiger partial charge in [0.1, 0.15) is 6.54 Å². The second kappa shape index (κ2) is 9.83. The van der Waals surface area contributed by atoms with E-state index in [1.165, 1.54) is 11.8 Å². The van der Waals surface area contributed by atoms with Crippen LogP contribution in [-0.4, -0.2) is 61.9 Å². The average Bonchev–Trinajstić information content (AvgIpc) is 2.78. The van der Waals surface area contributed by atoms with E-state index in [0.717, 1.165) is 29.2 Å². The van der Waals surface area contributed by atoms with Gasteiger partial charge in [-0.3, -0.25) is 14.5 Å². The Labute approximate surface area is 185 Å². The number of hydrogen-bond donors (Lipinski definition) is 1. The van der Waals surface area contributed by atoms with E-state index >= 15 is 0 Å². The minimum absolute atomic E-state index is 0.00869. The number of anilines is 1. The Morgan fingerprint density at radius 3 is 2.67 bits per heavy atom. The fourth-order valence-electron chi connectivity index (χ4n) is 3.81. The lowest BCUT2D eigenvalue weighted by Crippen LogP contribution is -2.47. The van der Waals surface area contributed by atoms with Crippen LogP contribution in [0.2, 0.25) is 5.02 Å². The van der Waals surface area contributed by atoms with Crippen molar-refractivity contribution >= 4 is 40.9 Å². The molecule has 1 N–H and O–H groups in total. The first kappa shape index (κ1) is 21.2. The van der Waals surface area contributed by atoms with Crippen molar-refractivity contribution in [3.63, 3.8) is 0 Å². The summed E-state index contributed by atoms with van der Waals surface area (Å²) in [7, 11) is 0. The summed E-state index contributed by atoms with van der Waals surface area (Å²) in [6, 6.07) is 15.4. The molecule has 2 aliphatic rings. The molecule has 30 heavy (non-hydrogen) atoms. The molecule has 0 bridgehead atoms. The van der Waals surface area contributed by atoms with Crippen LogP contribution >= 0.6 is 23.4 Å². The lowest BCUT2D eigenvalue weighted by Gasteiger charge is -2.35. The molecule has 1 fully saturated rings. The third-order valence-corrected chi connectivity index (χ3v) is 6.74. The van der Waals surface area contributed by atoms with Crippen LogP contribution in [0.5, 0.6) is 0 Å². The van der Waals surface area contributed by atoms with E-state index in [2.05, 4.69) is 10.2 Å². The molecule has 2 aliphatic heterocycles. The van der Waals surface area contributed by atoms with Crippen LogP contribution < -0.4 is 10.2 Å². The molecule has 0 aromatic heterocycles. The number of para-hydroxylation sites is 1.